The zero-order valence-electron chi connectivity index (χ0n) is 7.42. The number of hydrogen-bond acceptors (Lipinski definition) is 2. The maximum absolute atomic E-state index is 11.0. The van der Waals surface area contributed by atoms with Crippen LogP contribution in [0.15, 0.2) is 0 Å². The van der Waals surface area contributed by atoms with E-state index in [9.17, 15) is 4.79 Å². The normalized spacial score (nSPS) is 32.1. The Morgan fingerprint density at radius 1 is 1.36 bits per heavy atom. The Morgan fingerprint density at radius 2 is 1.82 bits per heavy atom. The molecule has 0 unspecified atom stereocenters. The molecule has 3 nitrogen and oxygen atoms in total. The molecule has 0 aromatic carbocycles. The van der Waals surface area contributed by atoms with Crippen LogP contribution in [0.4, 0.5) is 0 Å². The van der Waals surface area contributed by atoms with Gasteiger partial charge in [0.05, 0.1) is 0 Å². The van der Waals surface area contributed by atoms with Gasteiger partial charge in [0.2, 0.25) is 5.91 Å². The van der Waals surface area contributed by atoms with Crippen LogP contribution in [0.5, 0.6) is 0 Å². The number of nitrogens with zero attached hydrogens (tertiary/aromatic N) is 1. The van der Waals surface area contributed by atoms with Crippen molar-refractivity contribution < 1.29 is 4.79 Å². The lowest BCUT2D eigenvalue weighted by Crippen LogP contribution is -2.55. The molecule has 11 heavy (non-hydrogen) atoms. The molecule has 0 bridgehead atoms. The van der Waals surface area contributed by atoms with Crippen LogP contribution in [-0.4, -0.2) is 36.0 Å². The molecular weight excluding hydrogens is 140 g/mol. The standard InChI is InChI=1S/C8H16N2O/c1-6-4-10(8(3)11)5-7(2)9-6/h6-7,9H,4-5H2,1-3H3/t6-,7-/m0/s1. The third-order valence-electron chi connectivity index (χ3n) is 2.00. The number of carbonyl (C=O) groups is 1. The van der Waals surface area contributed by atoms with Crippen LogP contribution >= 0.6 is 0 Å². The first-order chi connectivity index (χ1) is 5.09. The van der Waals surface area contributed by atoms with Crippen LogP contribution < -0.4 is 5.32 Å². The van der Waals surface area contributed by atoms with E-state index in [1.165, 1.54) is 0 Å². The second kappa shape index (κ2) is 3.22. The highest BCUT2D eigenvalue weighted by molar-refractivity contribution is 5.73. The molecule has 0 aromatic heterocycles. The molecule has 1 amide bonds. The topological polar surface area (TPSA) is 32.3 Å². The Hall–Kier alpha value is -0.570. The minimum absolute atomic E-state index is 0.185. The summed E-state index contributed by atoms with van der Waals surface area (Å²) in [5.74, 6) is 0.185. The van der Waals surface area contributed by atoms with E-state index in [0.29, 0.717) is 12.1 Å². The summed E-state index contributed by atoms with van der Waals surface area (Å²) in [7, 11) is 0. The predicted molar refractivity (Wildman–Crippen MR) is 44.3 cm³/mol. The zero-order valence-corrected chi connectivity index (χ0v) is 7.42. The minimum Gasteiger partial charge on any atom is -0.340 e. The fourth-order valence-electron chi connectivity index (χ4n) is 1.58. The molecule has 1 saturated heterocycles. The first kappa shape index (κ1) is 8.53. The summed E-state index contributed by atoms with van der Waals surface area (Å²) in [5, 5.41) is 3.37. The molecule has 0 radical (unpaired) electrons. The van der Waals surface area contributed by atoms with E-state index in [-0.39, 0.29) is 5.91 Å². The molecule has 0 spiro atoms. The first-order valence-corrected chi connectivity index (χ1v) is 4.11. The van der Waals surface area contributed by atoms with Crippen LogP contribution in [0.2, 0.25) is 0 Å². The summed E-state index contributed by atoms with van der Waals surface area (Å²) in [5.41, 5.74) is 0. The smallest absolute Gasteiger partial charge is 0.219 e. The van der Waals surface area contributed by atoms with Gasteiger partial charge in [0, 0.05) is 32.1 Å². The SMILES string of the molecule is CC(=O)N1C[C@H](C)N[C@@H](C)C1. The van der Waals surface area contributed by atoms with Crippen LogP contribution in [-0.2, 0) is 4.79 Å². The number of hydrogen-bond donors (Lipinski definition) is 1. The molecule has 1 aliphatic heterocycles. The van der Waals surface area contributed by atoms with Crippen molar-refractivity contribution in [2.45, 2.75) is 32.9 Å². The van der Waals surface area contributed by atoms with Crippen LogP contribution in [0.25, 0.3) is 0 Å². The van der Waals surface area contributed by atoms with Gasteiger partial charge in [-0.2, -0.15) is 0 Å². The fraction of sp³-hybridized carbons (Fsp3) is 0.875. The Kier molecular flexibility index (Phi) is 2.49. The highest BCUT2D eigenvalue weighted by atomic mass is 16.2. The van der Waals surface area contributed by atoms with Gasteiger partial charge >= 0.3 is 0 Å². The summed E-state index contributed by atoms with van der Waals surface area (Å²) in [6.45, 7) is 7.53. The van der Waals surface area contributed by atoms with Gasteiger partial charge in [-0.05, 0) is 13.8 Å². The van der Waals surface area contributed by atoms with E-state index in [2.05, 4.69) is 19.2 Å². The number of carbonyl (C=O) groups excluding carboxylic acids is 1. The van der Waals surface area contributed by atoms with Gasteiger partial charge in [-0.25, -0.2) is 0 Å². The second-order valence-corrected chi connectivity index (χ2v) is 3.39. The largest absolute Gasteiger partial charge is 0.340 e. The third kappa shape index (κ3) is 2.19. The van der Waals surface area contributed by atoms with E-state index in [4.69, 9.17) is 0 Å². The van der Waals surface area contributed by atoms with Crippen molar-refractivity contribution in [1.29, 1.82) is 0 Å². The van der Waals surface area contributed by atoms with Crippen LogP contribution in [0, 0.1) is 0 Å². The van der Waals surface area contributed by atoms with Gasteiger partial charge in [0.25, 0.3) is 0 Å². The quantitative estimate of drug-likeness (QED) is 0.544. The first-order valence-electron chi connectivity index (χ1n) is 4.11. The lowest BCUT2D eigenvalue weighted by atomic mass is 10.1. The fourth-order valence-corrected chi connectivity index (χ4v) is 1.58. The van der Waals surface area contributed by atoms with E-state index in [0.717, 1.165) is 13.1 Å². The second-order valence-electron chi connectivity index (χ2n) is 3.39. The lowest BCUT2D eigenvalue weighted by molar-refractivity contribution is -0.130. The molecule has 1 heterocycles. The molecule has 1 fully saturated rings. The third-order valence-corrected chi connectivity index (χ3v) is 2.00. The summed E-state index contributed by atoms with van der Waals surface area (Å²) in [6.07, 6.45) is 0. The van der Waals surface area contributed by atoms with Crippen LogP contribution in [0.3, 0.4) is 0 Å². The minimum atomic E-state index is 0.185. The molecule has 1 rings (SSSR count). The van der Waals surface area contributed by atoms with Crippen molar-refractivity contribution in [2.75, 3.05) is 13.1 Å². The van der Waals surface area contributed by atoms with Crippen molar-refractivity contribution in [1.82, 2.24) is 10.2 Å². The van der Waals surface area contributed by atoms with E-state index in [1.54, 1.807) is 6.92 Å². The molecule has 64 valence electrons. The number of piperazine rings is 1. The van der Waals surface area contributed by atoms with E-state index >= 15 is 0 Å². The lowest BCUT2D eigenvalue weighted by Gasteiger charge is -2.35. The monoisotopic (exact) mass is 156 g/mol. The van der Waals surface area contributed by atoms with E-state index < -0.39 is 0 Å². The Morgan fingerprint density at radius 3 is 2.18 bits per heavy atom. The van der Waals surface area contributed by atoms with Crippen molar-refractivity contribution in [3.63, 3.8) is 0 Å². The summed E-state index contributed by atoms with van der Waals surface area (Å²) in [4.78, 5) is 12.9. The molecule has 2 atom stereocenters. The van der Waals surface area contributed by atoms with Gasteiger partial charge in [0.15, 0.2) is 0 Å². The van der Waals surface area contributed by atoms with Gasteiger partial charge in [0.1, 0.15) is 0 Å². The molecular formula is C8H16N2O. The van der Waals surface area contributed by atoms with Crippen molar-refractivity contribution in [2.24, 2.45) is 0 Å². The Bertz CT molecular complexity index is 148. The maximum Gasteiger partial charge on any atom is 0.219 e. The number of nitrogens with one attached hydrogen (secondary N) is 1. The molecule has 0 aromatic rings. The molecule has 1 aliphatic rings. The molecule has 3 heteroatoms. The average Bonchev–Trinajstić information content (AvgIpc) is 1.85. The van der Waals surface area contributed by atoms with Crippen LogP contribution in [0.1, 0.15) is 20.8 Å². The summed E-state index contributed by atoms with van der Waals surface area (Å²) < 4.78 is 0. The number of rotatable bonds is 0. The Balaban J connectivity index is 2.49. The zero-order chi connectivity index (χ0) is 8.43. The molecule has 0 saturated carbocycles. The predicted octanol–water partition coefficient (Wildman–Crippen LogP) is 0.215. The van der Waals surface area contributed by atoms with Gasteiger partial charge in [-0.3, -0.25) is 4.79 Å². The number of amides is 1. The maximum atomic E-state index is 11.0. The average molecular weight is 156 g/mol. The van der Waals surface area contributed by atoms with Gasteiger partial charge in [-0.1, -0.05) is 0 Å². The molecule has 1 N–H and O–H groups in total. The summed E-state index contributed by atoms with van der Waals surface area (Å²) in [6, 6.07) is 0.866. The van der Waals surface area contributed by atoms with E-state index in [1.807, 2.05) is 4.90 Å². The van der Waals surface area contributed by atoms with Gasteiger partial charge in [-0.15, -0.1) is 0 Å². The van der Waals surface area contributed by atoms with Crippen molar-refractivity contribution in [3.05, 3.63) is 0 Å². The Labute approximate surface area is 67.8 Å². The van der Waals surface area contributed by atoms with Crippen molar-refractivity contribution in [3.8, 4) is 0 Å². The highest BCUT2D eigenvalue weighted by Gasteiger charge is 2.21. The van der Waals surface area contributed by atoms with Gasteiger partial charge < -0.3 is 10.2 Å². The van der Waals surface area contributed by atoms with Crippen molar-refractivity contribution >= 4 is 5.91 Å². The highest BCUT2D eigenvalue weighted by Crippen LogP contribution is 2.03. The summed E-state index contributed by atoms with van der Waals surface area (Å²) >= 11 is 0. The molecule has 0 aliphatic carbocycles.